The van der Waals surface area contributed by atoms with Gasteiger partial charge in [0.2, 0.25) is 0 Å². The van der Waals surface area contributed by atoms with Gasteiger partial charge in [-0.1, -0.05) is 5.16 Å². The fraction of sp³-hybridized carbons (Fsp3) is 0.643. The van der Waals surface area contributed by atoms with E-state index in [4.69, 9.17) is 4.52 Å². The summed E-state index contributed by atoms with van der Waals surface area (Å²) >= 11 is 0. The average Bonchev–Trinajstić information content (AvgIpc) is 3.16. The monoisotopic (exact) mass is 278 g/mol. The van der Waals surface area contributed by atoms with Gasteiger partial charge in [-0.25, -0.2) is 4.79 Å². The van der Waals surface area contributed by atoms with E-state index in [2.05, 4.69) is 5.16 Å². The Morgan fingerprint density at radius 2 is 2.20 bits per heavy atom. The molecule has 2 aliphatic rings. The summed E-state index contributed by atoms with van der Waals surface area (Å²) in [6, 6.07) is 1.66. The third-order valence-corrected chi connectivity index (χ3v) is 4.32. The Balaban J connectivity index is 1.84. The summed E-state index contributed by atoms with van der Waals surface area (Å²) in [6.45, 7) is 2.06. The maximum absolute atomic E-state index is 12.5. The van der Waals surface area contributed by atoms with Crippen molar-refractivity contribution in [2.75, 3.05) is 6.54 Å². The predicted octanol–water partition coefficient (Wildman–Crippen LogP) is 2.02. The second-order valence-corrected chi connectivity index (χ2v) is 5.88. The van der Waals surface area contributed by atoms with Crippen molar-refractivity contribution >= 4 is 11.9 Å². The molecular formula is C14H18N2O4. The van der Waals surface area contributed by atoms with E-state index >= 15 is 0 Å². The van der Waals surface area contributed by atoms with E-state index < -0.39 is 11.5 Å². The lowest BCUT2D eigenvalue weighted by Crippen LogP contribution is -2.57. The summed E-state index contributed by atoms with van der Waals surface area (Å²) in [5, 5.41) is 13.2. The topological polar surface area (TPSA) is 83.6 Å². The second-order valence-electron chi connectivity index (χ2n) is 5.88. The van der Waals surface area contributed by atoms with Crippen LogP contribution in [0.25, 0.3) is 0 Å². The number of carbonyl (C=O) groups is 2. The molecule has 1 amide bonds. The Bertz CT molecular complexity index is 549. The van der Waals surface area contributed by atoms with Gasteiger partial charge in [-0.2, -0.15) is 0 Å². The number of hydrogen-bond donors (Lipinski definition) is 1. The van der Waals surface area contributed by atoms with Crippen LogP contribution in [0.5, 0.6) is 0 Å². The molecule has 1 aliphatic heterocycles. The summed E-state index contributed by atoms with van der Waals surface area (Å²) in [6.07, 6.45) is 4.25. The number of carbonyl (C=O) groups excluding carboxylic acids is 1. The molecule has 3 rings (SSSR count). The van der Waals surface area contributed by atoms with Gasteiger partial charge in [0.05, 0.1) is 0 Å². The molecule has 6 heteroatoms. The lowest BCUT2D eigenvalue weighted by molar-refractivity contribution is -0.150. The van der Waals surface area contributed by atoms with Crippen molar-refractivity contribution in [2.24, 2.45) is 0 Å². The first-order chi connectivity index (χ1) is 9.52. The molecule has 2 heterocycles. The molecule has 1 saturated carbocycles. The standard InChI is InChI=1S/C14H18N2O4/c1-14(13(18)19)6-2-3-7-16(14)12(17)10-8-11(20-15-10)9-4-5-9/h8-9H,2-7H2,1H3,(H,18,19). The third kappa shape index (κ3) is 2.09. The number of aliphatic carboxylic acids is 1. The zero-order valence-electron chi connectivity index (χ0n) is 11.5. The van der Waals surface area contributed by atoms with Crippen LogP contribution in [0.15, 0.2) is 10.6 Å². The fourth-order valence-electron chi connectivity index (χ4n) is 2.76. The largest absolute Gasteiger partial charge is 0.480 e. The lowest BCUT2D eigenvalue weighted by atomic mass is 9.88. The number of amides is 1. The van der Waals surface area contributed by atoms with Crippen LogP contribution < -0.4 is 0 Å². The smallest absolute Gasteiger partial charge is 0.329 e. The molecule has 1 aliphatic carbocycles. The van der Waals surface area contributed by atoms with Gasteiger partial charge in [-0.05, 0) is 39.0 Å². The molecule has 0 spiro atoms. The zero-order chi connectivity index (χ0) is 14.3. The number of piperidine rings is 1. The number of hydrogen-bond acceptors (Lipinski definition) is 4. The van der Waals surface area contributed by atoms with Gasteiger partial charge < -0.3 is 14.5 Å². The van der Waals surface area contributed by atoms with Crippen LogP contribution in [-0.4, -0.2) is 39.1 Å². The summed E-state index contributed by atoms with van der Waals surface area (Å²) in [7, 11) is 0. The third-order valence-electron chi connectivity index (χ3n) is 4.32. The van der Waals surface area contributed by atoms with Gasteiger partial charge in [0.1, 0.15) is 11.3 Å². The number of rotatable bonds is 3. The number of aromatic nitrogens is 1. The highest BCUT2D eigenvalue weighted by Gasteiger charge is 2.45. The Hall–Kier alpha value is -1.85. The van der Waals surface area contributed by atoms with Crippen molar-refractivity contribution in [1.82, 2.24) is 10.1 Å². The first-order valence-electron chi connectivity index (χ1n) is 7.04. The molecule has 0 radical (unpaired) electrons. The highest BCUT2D eigenvalue weighted by Crippen LogP contribution is 2.40. The molecular weight excluding hydrogens is 260 g/mol. The van der Waals surface area contributed by atoms with Crippen molar-refractivity contribution in [3.05, 3.63) is 17.5 Å². The second kappa shape index (κ2) is 4.61. The van der Waals surface area contributed by atoms with E-state index in [1.54, 1.807) is 13.0 Å². The van der Waals surface area contributed by atoms with Crippen LogP contribution in [0.4, 0.5) is 0 Å². The maximum Gasteiger partial charge on any atom is 0.329 e. The van der Waals surface area contributed by atoms with Crippen LogP contribution in [-0.2, 0) is 4.79 Å². The normalized spacial score (nSPS) is 26.6. The van der Waals surface area contributed by atoms with Crippen molar-refractivity contribution in [2.45, 2.75) is 50.5 Å². The van der Waals surface area contributed by atoms with Gasteiger partial charge in [-0.3, -0.25) is 4.79 Å². The molecule has 1 saturated heterocycles. The van der Waals surface area contributed by atoms with Crippen LogP contribution in [0.3, 0.4) is 0 Å². The van der Waals surface area contributed by atoms with Gasteiger partial charge in [0, 0.05) is 18.5 Å². The van der Waals surface area contributed by atoms with Gasteiger partial charge >= 0.3 is 5.97 Å². The molecule has 1 aromatic heterocycles. The number of carboxylic acid groups (broad SMARTS) is 1. The van der Waals surface area contributed by atoms with E-state index in [0.717, 1.165) is 31.4 Å². The van der Waals surface area contributed by atoms with Gasteiger partial charge in [-0.15, -0.1) is 0 Å². The Kier molecular flexibility index (Phi) is 3.03. The Labute approximate surface area is 116 Å². The van der Waals surface area contributed by atoms with Gasteiger partial charge in [0.15, 0.2) is 5.69 Å². The van der Waals surface area contributed by atoms with Crippen molar-refractivity contribution in [3.63, 3.8) is 0 Å². The number of likely N-dealkylation sites (tertiary alicyclic amines) is 1. The van der Waals surface area contributed by atoms with E-state index in [1.165, 1.54) is 4.90 Å². The molecule has 2 fully saturated rings. The molecule has 1 aromatic rings. The van der Waals surface area contributed by atoms with Crippen molar-refractivity contribution < 1.29 is 19.2 Å². The van der Waals surface area contributed by atoms with Crippen molar-refractivity contribution in [3.8, 4) is 0 Å². The van der Waals surface area contributed by atoms with Crippen LogP contribution >= 0.6 is 0 Å². The SMILES string of the molecule is CC1(C(=O)O)CCCCN1C(=O)c1cc(C2CC2)on1. The molecule has 108 valence electrons. The summed E-state index contributed by atoms with van der Waals surface area (Å²) in [4.78, 5) is 25.4. The van der Waals surface area contributed by atoms with E-state index in [9.17, 15) is 14.7 Å². The molecule has 1 N–H and O–H groups in total. The molecule has 0 bridgehead atoms. The van der Waals surface area contributed by atoms with Crippen LogP contribution in [0.1, 0.15) is 61.2 Å². The first kappa shape index (κ1) is 13.1. The highest BCUT2D eigenvalue weighted by atomic mass is 16.5. The van der Waals surface area contributed by atoms with E-state index in [-0.39, 0.29) is 11.6 Å². The van der Waals surface area contributed by atoms with E-state index in [0.29, 0.717) is 18.9 Å². The Morgan fingerprint density at radius 3 is 2.85 bits per heavy atom. The van der Waals surface area contributed by atoms with Crippen LogP contribution in [0, 0.1) is 0 Å². The van der Waals surface area contributed by atoms with Gasteiger partial charge in [0.25, 0.3) is 5.91 Å². The number of carboxylic acids is 1. The number of nitrogens with zero attached hydrogens (tertiary/aromatic N) is 2. The molecule has 6 nitrogen and oxygen atoms in total. The van der Waals surface area contributed by atoms with E-state index in [1.807, 2.05) is 0 Å². The zero-order valence-corrected chi connectivity index (χ0v) is 11.5. The van der Waals surface area contributed by atoms with Crippen LogP contribution in [0.2, 0.25) is 0 Å². The predicted molar refractivity (Wildman–Crippen MR) is 69.4 cm³/mol. The molecule has 20 heavy (non-hydrogen) atoms. The minimum Gasteiger partial charge on any atom is -0.480 e. The molecule has 1 unspecified atom stereocenters. The summed E-state index contributed by atoms with van der Waals surface area (Å²) < 4.78 is 5.18. The lowest BCUT2D eigenvalue weighted by Gasteiger charge is -2.41. The first-order valence-corrected chi connectivity index (χ1v) is 7.04. The Morgan fingerprint density at radius 1 is 1.45 bits per heavy atom. The fourth-order valence-corrected chi connectivity index (χ4v) is 2.76. The molecule has 1 atom stereocenters. The maximum atomic E-state index is 12.5. The quantitative estimate of drug-likeness (QED) is 0.914. The highest BCUT2D eigenvalue weighted by molar-refractivity contribution is 5.96. The summed E-state index contributed by atoms with van der Waals surface area (Å²) in [5.41, 5.74) is -0.921. The summed E-state index contributed by atoms with van der Waals surface area (Å²) in [5.74, 6) is -0.180. The average molecular weight is 278 g/mol. The van der Waals surface area contributed by atoms with Crippen molar-refractivity contribution in [1.29, 1.82) is 0 Å². The minimum absolute atomic E-state index is 0.223. The molecule has 0 aromatic carbocycles. The minimum atomic E-state index is -1.14.